The van der Waals surface area contributed by atoms with Crippen molar-refractivity contribution < 1.29 is 33.0 Å². The SMILES string of the molecule is COc1c(N2CCCC(=C(F)CNC(=O)C(C)NC(=O)C(C)N)C2)c(F)cc2c(=O)c(C(=O)O)cn(C3CC3)c12. The fourth-order valence-electron chi connectivity index (χ4n) is 4.86. The molecule has 1 aliphatic carbocycles. The average molecular weight is 562 g/mol. The van der Waals surface area contributed by atoms with Crippen molar-refractivity contribution >= 4 is 34.4 Å². The number of hydrogen-bond acceptors (Lipinski definition) is 7. The predicted molar refractivity (Wildman–Crippen MR) is 144 cm³/mol. The summed E-state index contributed by atoms with van der Waals surface area (Å²) in [6.07, 6.45) is 3.70. The molecular formula is C27H33F2N5O6. The van der Waals surface area contributed by atoms with Crippen molar-refractivity contribution in [2.45, 2.75) is 57.7 Å². The Morgan fingerprint density at radius 3 is 2.55 bits per heavy atom. The van der Waals surface area contributed by atoms with E-state index < -0.39 is 59.0 Å². The number of amides is 2. The quantitative estimate of drug-likeness (QED) is 0.362. The van der Waals surface area contributed by atoms with Crippen LogP contribution in [0.5, 0.6) is 5.75 Å². The number of carboxylic acid groups (broad SMARTS) is 1. The summed E-state index contributed by atoms with van der Waals surface area (Å²) in [5.74, 6) is -3.79. The van der Waals surface area contributed by atoms with Crippen LogP contribution in [0.15, 0.2) is 28.5 Å². The third-order valence-electron chi connectivity index (χ3n) is 7.14. The lowest BCUT2D eigenvalue weighted by molar-refractivity contribution is -0.128. The van der Waals surface area contributed by atoms with Crippen LogP contribution in [0.2, 0.25) is 0 Å². The maximum Gasteiger partial charge on any atom is 0.341 e. The van der Waals surface area contributed by atoms with Crippen molar-refractivity contribution in [1.82, 2.24) is 15.2 Å². The number of pyridine rings is 1. The first-order valence-electron chi connectivity index (χ1n) is 13.1. The van der Waals surface area contributed by atoms with E-state index in [1.165, 1.54) is 27.2 Å². The molecule has 4 rings (SSSR count). The van der Waals surface area contributed by atoms with Crippen molar-refractivity contribution in [2.75, 3.05) is 31.6 Å². The Morgan fingerprint density at radius 1 is 1.25 bits per heavy atom. The van der Waals surface area contributed by atoms with Gasteiger partial charge in [0.2, 0.25) is 17.2 Å². The number of carbonyl (C=O) groups is 3. The number of fused-ring (bicyclic) bond motifs is 1. The van der Waals surface area contributed by atoms with Crippen molar-refractivity contribution in [3.8, 4) is 5.75 Å². The molecule has 1 saturated carbocycles. The van der Waals surface area contributed by atoms with Crippen LogP contribution in [0.1, 0.15) is 55.9 Å². The van der Waals surface area contributed by atoms with Crippen LogP contribution in [0.4, 0.5) is 14.5 Å². The first-order valence-corrected chi connectivity index (χ1v) is 13.1. The number of methoxy groups -OCH3 is 1. The van der Waals surface area contributed by atoms with Gasteiger partial charge in [-0.1, -0.05) is 0 Å². The van der Waals surface area contributed by atoms with Crippen LogP contribution in [-0.4, -0.2) is 66.3 Å². The van der Waals surface area contributed by atoms with Gasteiger partial charge in [0, 0.05) is 25.3 Å². The highest BCUT2D eigenvalue weighted by atomic mass is 19.1. The highest BCUT2D eigenvalue weighted by Crippen LogP contribution is 2.44. The summed E-state index contributed by atoms with van der Waals surface area (Å²) in [5.41, 5.74) is 4.93. The van der Waals surface area contributed by atoms with Gasteiger partial charge in [-0.15, -0.1) is 0 Å². The molecule has 0 spiro atoms. The van der Waals surface area contributed by atoms with E-state index in [0.717, 1.165) is 18.9 Å². The highest BCUT2D eigenvalue weighted by molar-refractivity contribution is 5.97. The molecule has 2 aliphatic rings. The minimum atomic E-state index is -1.40. The molecule has 40 heavy (non-hydrogen) atoms. The number of ether oxygens (including phenoxy) is 1. The van der Waals surface area contributed by atoms with E-state index in [-0.39, 0.29) is 29.4 Å². The van der Waals surface area contributed by atoms with Crippen molar-refractivity contribution in [3.05, 3.63) is 45.3 Å². The van der Waals surface area contributed by atoms with Crippen molar-refractivity contribution in [3.63, 3.8) is 0 Å². The smallest absolute Gasteiger partial charge is 0.341 e. The van der Waals surface area contributed by atoms with Crippen molar-refractivity contribution in [1.29, 1.82) is 0 Å². The Morgan fingerprint density at radius 2 is 1.95 bits per heavy atom. The summed E-state index contributed by atoms with van der Waals surface area (Å²) in [6, 6.07) is -0.742. The lowest BCUT2D eigenvalue weighted by atomic mass is 10.0. The van der Waals surface area contributed by atoms with Gasteiger partial charge >= 0.3 is 5.97 Å². The van der Waals surface area contributed by atoms with Gasteiger partial charge in [0.05, 0.1) is 30.6 Å². The Hall–Kier alpha value is -4.00. The molecule has 2 amide bonds. The van der Waals surface area contributed by atoms with Gasteiger partial charge in [0.15, 0.2) is 11.6 Å². The van der Waals surface area contributed by atoms with Gasteiger partial charge in [-0.3, -0.25) is 14.4 Å². The van der Waals surface area contributed by atoms with Crippen LogP contribution in [0.25, 0.3) is 10.9 Å². The molecule has 11 nitrogen and oxygen atoms in total. The number of nitrogens with one attached hydrogen (secondary N) is 2. The number of aromatic carboxylic acids is 1. The molecule has 0 radical (unpaired) electrons. The second-order valence-corrected chi connectivity index (χ2v) is 10.2. The molecule has 2 heterocycles. The van der Waals surface area contributed by atoms with Crippen LogP contribution in [-0.2, 0) is 9.59 Å². The van der Waals surface area contributed by atoms with Crippen LogP contribution in [0, 0.1) is 5.82 Å². The van der Waals surface area contributed by atoms with Gasteiger partial charge in [0.1, 0.15) is 23.1 Å². The standard InChI is InChI=1S/C27H33F2N5O6/c1-13(30)25(36)32-14(2)26(37)31-10-20(29)15-5-4-8-33(11-15)22-19(28)9-17-21(24(22)40-3)34(16-6-7-16)12-18(23(17)35)27(38)39/h9,12-14,16H,4-8,10-11,30H2,1-3H3,(H,31,37)(H,32,36)(H,38,39). The number of carboxylic acids is 1. The minimum absolute atomic E-state index is 0.0122. The lowest BCUT2D eigenvalue weighted by Gasteiger charge is -2.33. The van der Waals surface area contributed by atoms with E-state index in [0.29, 0.717) is 30.5 Å². The number of aromatic nitrogens is 1. The number of piperidine rings is 1. The zero-order valence-corrected chi connectivity index (χ0v) is 22.6. The molecule has 1 aromatic heterocycles. The molecule has 1 aromatic carbocycles. The summed E-state index contributed by atoms with van der Waals surface area (Å²) in [6.45, 7) is 2.92. The highest BCUT2D eigenvalue weighted by Gasteiger charge is 2.32. The Balaban J connectivity index is 1.63. The maximum absolute atomic E-state index is 15.6. The molecule has 2 unspecified atom stereocenters. The van der Waals surface area contributed by atoms with Crippen molar-refractivity contribution in [2.24, 2.45) is 5.73 Å². The Bertz CT molecular complexity index is 1450. The van der Waals surface area contributed by atoms with Crippen LogP contribution in [0.3, 0.4) is 0 Å². The van der Waals surface area contributed by atoms with E-state index in [1.54, 1.807) is 9.47 Å². The molecule has 2 aromatic rings. The van der Waals surface area contributed by atoms with Gasteiger partial charge in [-0.2, -0.15) is 0 Å². The van der Waals surface area contributed by atoms with Crippen LogP contribution < -0.4 is 31.4 Å². The second kappa shape index (κ2) is 11.6. The number of anilines is 1. The first kappa shape index (κ1) is 29.0. The fourth-order valence-corrected chi connectivity index (χ4v) is 4.86. The maximum atomic E-state index is 15.6. The molecule has 2 atom stereocenters. The second-order valence-electron chi connectivity index (χ2n) is 10.2. The lowest BCUT2D eigenvalue weighted by Crippen LogP contribution is -2.49. The van der Waals surface area contributed by atoms with Crippen LogP contribution >= 0.6 is 0 Å². The molecule has 216 valence electrons. The summed E-state index contributed by atoms with van der Waals surface area (Å²) >= 11 is 0. The zero-order valence-electron chi connectivity index (χ0n) is 22.6. The summed E-state index contributed by atoms with van der Waals surface area (Å²) in [4.78, 5) is 50.3. The molecule has 1 saturated heterocycles. The van der Waals surface area contributed by atoms with E-state index in [9.17, 15) is 24.3 Å². The molecule has 5 N–H and O–H groups in total. The molecule has 13 heteroatoms. The summed E-state index contributed by atoms with van der Waals surface area (Å²) in [5, 5.41) is 14.3. The monoisotopic (exact) mass is 561 g/mol. The summed E-state index contributed by atoms with van der Waals surface area (Å²) in [7, 11) is 1.34. The molecular weight excluding hydrogens is 528 g/mol. The zero-order chi connectivity index (χ0) is 29.3. The molecule has 0 bridgehead atoms. The third-order valence-corrected chi connectivity index (χ3v) is 7.14. The topological polar surface area (TPSA) is 156 Å². The van der Waals surface area contributed by atoms with Gasteiger partial charge in [-0.25, -0.2) is 13.6 Å². The third kappa shape index (κ3) is 5.79. The number of nitrogens with two attached hydrogens (primary N) is 1. The number of halogens is 2. The van der Waals surface area contributed by atoms with Gasteiger partial charge in [0.25, 0.3) is 0 Å². The first-order chi connectivity index (χ1) is 18.9. The number of hydrogen-bond donors (Lipinski definition) is 4. The molecule has 2 fully saturated rings. The Kier molecular flexibility index (Phi) is 8.43. The predicted octanol–water partition coefficient (Wildman–Crippen LogP) is 1.97. The fraction of sp³-hybridized carbons (Fsp3) is 0.481. The van der Waals surface area contributed by atoms with E-state index in [1.807, 2.05) is 0 Å². The largest absolute Gasteiger partial charge is 0.492 e. The number of carbonyl (C=O) groups excluding carboxylic acids is 2. The molecule has 1 aliphatic heterocycles. The van der Waals surface area contributed by atoms with E-state index >= 15 is 8.78 Å². The minimum Gasteiger partial charge on any atom is -0.492 e. The van der Waals surface area contributed by atoms with E-state index in [4.69, 9.17) is 10.5 Å². The number of benzene rings is 1. The number of nitrogens with zero attached hydrogens (tertiary/aromatic N) is 2. The normalized spacial score (nSPS) is 18.2. The Labute approximate surface area is 228 Å². The van der Waals surface area contributed by atoms with E-state index in [2.05, 4.69) is 10.6 Å². The summed E-state index contributed by atoms with van der Waals surface area (Å²) < 4.78 is 38.1. The van der Waals surface area contributed by atoms with Gasteiger partial charge < -0.3 is 35.7 Å². The average Bonchev–Trinajstić information content (AvgIpc) is 3.76. The van der Waals surface area contributed by atoms with Gasteiger partial charge in [-0.05, 0) is 51.2 Å². The number of rotatable bonds is 9.